The molecule has 0 aromatic heterocycles. The van der Waals surface area contributed by atoms with E-state index in [0.717, 1.165) is 57.4 Å². The predicted molar refractivity (Wildman–Crippen MR) is 139 cm³/mol. The van der Waals surface area contributed by atoms with Crippen molar-refractivity contribution in [2.75, 3.05) is 66.8 Å². The van der Waals surface area contributed by atoms with E-state index < -0.39 is 18.9 Å². The molecule has 10 nitrogen and oxygen atoms in total. The first-order valence-corrected chi connectivity index (χ1v) is 14.9. The van der Waals surface area contributed by atoms with Gasteiger partial charge in [-0.15, -0.1) is 0 Å². The van der Waals surface area contributed by atoms with Crippen LogP contribution >= 0.6 is 7.82 Å². The summed E-state index contributed by atoms with van der Waals surface area (Å²) in [5, 5.41) is 0. The van der Waals surface area contributed by atoms with E-state index in [4.69, 9.17) is 23.0 Å². The van der Waals surface area contributed by atoms with Crippen LogP contribution in [0.4, 0.5) is 0 Å². The summed E-state index contributed by atoms with van der Waals surface area (Å²) < 4.78 is 43.1. The Morgan fingerprint density at radius 2 is 1.18 bits per heavy atom. The van der Waals surface area contributed by atoms with Crippen molar-refractivity contribution in [2.24, 2.45) is 11.8 Å². The summed E-state index contributed by atoms with van der Waals surface area (Å²) in [6.07, 6.45) is 3.21. The number of nitrogens with zero attached hydrogens (tertiary/aromatic N) is 2. The maximum absolute atomic E-state index is 14.3. The molecule has 1 aromatic rings. The van der Waals surface area contributed by atoms with E-state index in [-0.39, 0.29) is 49.8 Å². The second kappa shape index (κ2) is 11.1. The zero-order valence-electron chi connectivity index (χ0n) is 22.6. The normalized spacial score (nSPS) is 35.9. The van der Waals surface area contributed by atoms with Crippen molar-refractivity contribution in [3.05, 3.63) is 29.8 Å². The molecule has 210 valence electrons. The third kappa shape index (κ3) is 5.01. The number of aryl methyl sites for hydroxylation is 1. The van der Waals surface area contributed by atoms with Crippen LogP contribution in [0.25, 0.3) is 0 Å². The van der Waals surface area contributed by atoms with Crippen LogP contribution in [0.3, 0.4) is 0 Å². The molecule has 2 atom stereocenters. The summed E-state index contributed by atoms with van der Waals surface area (Å²) >= 11 is 0. The summed E-state index contributed by atoms with van der Waals surface area (Å²) in [6, 6.07) is 7.06. The van der Waals surface area contributed by atoms with Gasteiger partial charge in [-0.2, -0.15) is 0 Å². The molecule has 6 aliphatic heterocycles. The number of phosphoric acid groups is 1. The molecule has 11 heteroatoms. The van der Waals surface area contributed by atoms with Crippen molar-refractivity contribution < 1.29 is 37.2 Å². The molecule has 0 aliphatic carbocycles. The Morgan fingerprint density at radius 3 is 1.55 bits per heavy atom. The number of hydrogen-bond donors (Lipinski definition) is 0. The quantitative estimate of drug-likeness (QED) is 0.361. The summed E-state index contributed by atoms with van der Waals surface area (Å²) in [4.78, 5) is 31.0. The molecular formula is C27H39N2O8P. The van der Waals surface area contributed by atoms with Gasteiger partial charge in [0.25, 0.3) is 0 Å². The van der Waals surface area contributed by atoms with E-state index in [2.05, 4.69) is 9.80 Å². The summed E-state index contributed by atoms with van der Waals surface area (Å²) in [7, 11) is -1.20. The number of carbonyl (C=O) groups excluding carboxylic acids is 2. The van der Waals surface area contributed by atoms with Crippen LogP contribution in [-0.4, -0.2) is 99.3 Å². The maximum atomic E-state index is 14.3. The summed E-state index contributed by atoms with van der Waals surface area (Å²) in [5.74, 6) is 0.269. The Balaban J connectivity index is 1.41. The number of hydrogen-bond acceptors (Lipinski definition) is 10. The van der Waals surface area contributed by atoms with Gasteiger partial charge < -0.3 is 14.0 Å². The monoisotopic (exact) mass is 550 g/mol. The number of benzene rings is 1. The molecule has 1 aromatic carbocycles. The molecule has 6 heterocycles. The number of Topliss-reactive ketones (excluding diaryl/α,β-unsaturated/α-hetero) is 2. The fourth-order valence-corrected chi connectivity index (χ4v) is 7.91. The maximum Gasteiger partial charge on any atom is 0.530 e. The average molecular weight is 551 g/mol. The number of ether oxygens (including phenoxy) is 2. The first kappa shape index (κ1) is 27.9. The van der Waals surface area contributed by atoms with Crippen molar-refractivity contribution in [1.82, 2.24) is 9.80 Å². The zero-order chi connectivity index (χ0) is 27.0. The number of piperidine rings is 6. The van der Waals surface area contributed by atoms with Gasteiger partial charge in [0.15, 0.2) is 11.6 Å². The van der Waals surface area contributed by atoms with Crippen LogP contribution in [0.2, 0.25) is 0 Å². The minimum Gasteiger partial charge on any atom is -0.404 e. The molecule has 6 fully saturated rings. The number of ketones is 2. The molecule has 6 saturated heterocycles. The third-order valence-electron chi connectivity index (χ3n) is 8.79. The molecule has 0 radical (unpaired) electrons. The fourth-order valence-electron chi connectivity index (χ4n) is 6.61. The van der Waals surface area contributed by atoms with Crippen molar-refractivity contribution in [3.8, 4) is 5.75 Å². The molecule has 0 amide bonds. The van der Waals surface area contributed by atoms with Gasteiger partial charge in [0.1, 0.15) is 16.8 Å². The van der Waals surface area contributed by atoms with Crippen molar-refractivity contribution in [3.63, 3.8) is 0 Å². The third-order valence-corrected chi connectivity index (χ3v) is 10.1. The highest BCUT2D eigenvalue weighted by atomic mass is 31.2. The fraction of sp³-hybridized carbons (Fsp3) is 0.704. The second-order valence-electron chi connectivity index (χ2n) is 11.1. The van der Waals surface area contributed by atoms with E-state index in [1.807, 2.05) is 19.1 Å². The number of methoxy groups -OCH3 is 2. The van der Waals surface area contributed by atoms with Crippen LogP contribution in [0.5, 0.6) is 5.75 Å². The number of fused-ring (bicyclic) bond motifs is 6. The Morgan fingerprint density at radius 1 is 0.763 bits per heavy atom. The summed E-state index contributed by atoms with van der Waals surface area (Å²) in [6.45, 7) is 4.76. The van der Waals surface area contributed by atoms with Crippen LogP contribution in [-0.2, 0) is 32.7 Å². The Labute approximate surface area is 224 Å². The smallest absolute Gasteiger partial charge is 0.404 e. The van der Waals surface area contributed by atoms with Gasteiger partial charge in [-0.05, 0) is 70.9 Å². The molecule has 38 heavy (non-hydrogen) atoms. The molecule has 0 unspecified atom stereocenters. The van der Waals surface area contributed by atoms with E-state index in [9.17, 15) is 14.2 Å². The van der Waals surface area contributed by atoms with Crippen LogP contribution in [0, 0.1) is 18.8 Å². The number of phosphoric ester groups is 1. The minimum atomic E-state index is -4.29. The average Bonchev–Trinajstić information content (AvgIpc) is 2.93. The highest BCUT2D eigenvalue weighted by Gasteiger charge is 2.57. The molecule has 7 rings (SSSR count). The van der Waals surface area contributed by atoms with Crippen molar-refractivity contribution >= 4 is 19.4 Å². The van der Waals surface area contributed by atoms with Gasteiger partial charge >= 0.3 is 7.82 Å². The van der Waals surface area contributed by atoms with E-state index in [1.54, 1.807) is 26.4 Å². The second-order valence-corrected chi connectivity index (χ2v) is 12.7. The van der Waals surface area contributed by atoms with Gasteiger partial charge in [-0.3, -0.25) is 28.4 Å². The summed E-state index contributed by atoms with van der Waals surface area (Å²) in [5.41, 5.74) is -1.10. The lowest BCUT2D eigenvalue weighted by Crippen LogP contribution is -2.69. The van der Waals surface area contributed by atoms with Gasteiger partial charge in [-0.25, -0.2) is 4.57 Å². The van der Waals surface area contributed by atoms with Crippen molar-refractivity contribution in [2.45, 2.75) is 43.7 Å². The standard InChI is InChI=1S/C27H39N2O8P/c1-20-4-6-23(7-5-20)37-38(32,35-18-26(16-33-2)24(30)21-8-12-28(26)13-9-21)36-19-27(17-34-3)25(31)22-10-14-29(27)15-11-22/h4-7,21-22H,8-19H2,1-3H3/t26-,27-/m1/s1. The molecule has 0 N–H and O–H groups in total. The minimum absolute atomic E-state index is 0.0421. The molecule has 0 saturated carbocycles. The van der Waals surface area contributed by atoms with Gasteiger partial charge in [-0.1, -0.05) is 17.7 Å². The Kier molecular flexibility index (Phi) is 8.14. The van der Waals surface area contributed by atoms with Crippen LogP contribution < -0.4 is 4.52 Å². The zero-order valence-corrected chi connectivity index (χ0v) is 23.5. The van der Waals surface area contributed by atoms with Gasteiger partial charge in [0.05, 0.1) is 26.4 Å². The van der Waals surface area contributed by atoms with E-state index in [1.165, 1.54) is 0 Å². The lowest BCUT2D eigenvalue weighted by Gasteiger charge is -2.52. The molecule has 6 aliphatic rings. The van der Waals surface area contributed by atoms with Crippen molar-refractivity contribution in [1.29, 1.82) is 0 Å². The highest BCUT2D eigenvalue weighted by molar-refractivity contribution is 7.48. The topological polar surface area (TPSA) is 104 Å². The lowest BCUT2D eigenvalue weighted by atomic mass is 9.74. The number of rotatable bonds is 12. The largest absolute Gasteiger partial charge is 0.530 e. The molecule has 4 bridgehead atoms. The van der Waals surface area contributed by atoms with Crippen LogP contribution in [0.1, 0.15) is 31.2 Å². The SMILES string of the molecule is COC[C@@]1(COP(=O)(OC[C@]2(COC)C(=O)C3CCN2CC3)Oc2ccc(C)cc2)C(=O)C2CCN1CC2. The van der Waals surface area contributed by atoms with E-state index in [0.29, 0.717) is 5.75 Å². The Bertz CT molecular complexity index is 1010. The Hall–Kier alpha value is -1.65. The number of carbonyl (C=O) groups is 2. The predicted octanol–water partition coefficient (Wildman–Crippen LogP) is 2.87. The first-order chi connectivity index (χ1) is 18.2. The van der Waals surface area contributed by atoms with Crippen LogP contribution in [0.15, 0.2) is 24.3 Å². The highest BCUT2D eigenvalue weighted by Crippen LogP contribution is 2.53. The first-order valence-electron chi connectivity index (χ1n) is 13.5. The van der Waals surface area contributed by atoms with Gasteiger partial charge in [0, 0.05) is 26.1 Å². The van der Waals surface area contributed by atoms with E-state index >= 15 is 0 Å². The molecular weight excluding hydrogens is 511 g/mol. The lowest BCUT2D eigenvalue weighted by molar-refractivity contribution is -0.159. The van der Waals surface area contributed by atoms with Gasteiger partial charge in [0.2, 0.25) is 0 Å². The molecule has 0 spiro atoms.